The molecule has 0 bridgehead atoms. The predicted molar refractivity (Wildman–Crippen MR) is 54.0 cm³/mol. The summed E-state index contributed by atoms with van der Waals surface area (Å²) in [5.41, 5.74) is 0. The van der Waals surface area contributed by atoms with Gasteiger partial charge in [-0.1, -0.05) is 0 Å². The quantitative estimate of drug-likeness (QED) is 0.755. The number of halogens is 3. The van der Waals surface area contributed by atoms with Gasteiger partial charge in [0, 0.05) is 12.6 Å². The van der Waals surface area contributed by atoms with Gasteiger partial charge in [-0.3, -0.25) is 4.90 Å². The molecule has 2 nitrogen and oxygen atoms in total. The third-order valence-electron chi connectivity index (χ3n) is 3.81. The van der Waals surface area contributed by atoms with Crippen LogP contribution < -0.4 is 0 Å². The van der Waals surface area contributed by atoms with E-state index in [2.05, 4.69) is 0 Å². The second-order valence-corrected chi connectivity index (χ2v) is 5.00. The molecular formula is C11H18F3NO. The van der Waals surface area contributed by atoms with Crippen molar-refractivity contribution in [2.45, 2.75) is 50.4 Å². The number of aliphatic hydroxyl groups is 1. The van der Waals surface area contributed by atoms with Gasteiger partial charge in [0.1, 0.15) is 0 Å². The number of piperidine rings is 1. The van der Waals surface area contributed by atoms with Crippen LogP contribution in [-0.2, 0) is 0 Å². The first-order valence-corrected chi connectivity index (χ1v) is 5.95. The van der Waals surface area contributed by atoms with E-state index in [1.807, 2.05) is 4.90 Å². The normalized spacial score (nSPS) is 37.9. The fraction of sp³-hybridized carbons (Fsp3) is 1.00. The van der Waals surface area contributed by atoms with Crippen molar-refractivity contribution in [1.29, 1.82) is 0 Å². The SMILES string of the molecule is OC1CCC(N2CCCC(C(F)(F)F)C2)C1. The summed E-state index contributed by atoms with van der Waals surface area (Å²) < 4.78 is 37.8. The van der Waals surface area contributed by atoms with Crippen LogP contribution in [0.15, 0.2) is 0 Å². The van der Waals surface area contributed by atoms with Crippen LogP contribution in [0.4, 0.5) is 13.2 Å². The summed E-state index contributed by atoms with van der Waals surface area (Å²) in [4.78, 5) is 1.93. The first kappa shape index (κ1) is 12.2. The minimum atomic E-state index is -4.06. The summed E-state index contributed by atoms with van der Waals surface area (Å²) in [6.45, 7) is 0.880. The molecule has 16 heavy (non-hydrogen) atoms. The van der Waals surface area contributed by atoms with Crippen molar-refractivity contribution < 1.29 is 18.3 Å². The summed E-state index contributed by atoms with van der Waals surface area (Å²) in [5.74, 6) is -1.17. The summed E-state index contributed by atoms with van der Waals surface area (Å²) >= 11 is 0. The fourth-order valence-corrected chi connectivity index (χ4v) is 2.87. The number of hydrogen-bond donors (Lipinski definition) is 1. The predicted octanol–water partition coefficient (Wildman–Crippen LogP) is 2.17. The van der Waals surface area contributed by atoms with Crippen LogP contribution in [0.2, 0.25) is 0 Å². The molecule has 94 valence electrons. The van der Waals surface area contributed by atoms with Gasteiger partial charge in [-0.05, 0) is 38.6 Å². The van der Waals surface area contributed by atoms with E-state index in [1.165, 1.54) is 0 Å². The van der Waals surface area contributed by atoms with E-state index < -0.39 is 12.1 Å². The molecule has 0 amide bonds. The number of hydrogen-bond acceptors (Lipinski definition) is 2. The Bertz CT molecular complexity index is 244. The van der Waals surface area contributed by atoms with Crippen molar-refractivity contribution in [2.75, 3.05) is 13.1 Å². The topological polar surface area (TPSA) is 23.5 Å². The Morgan fingerprint density at radius 2 is 1.88 bits per heavy atom. The Kier molecular flexibility index (Phi) is 3.45. The summed E-state index contributed by atoms with van der Waals surface area (Å²) in [6.07, 6.45) is -1.27. The molecule has 1 saturated carbocycles. The molecule has 1 heterocycles. The molecule has 1 aliphatic heterocycles. The molecule has 1 N–H and O–H groups in total. The maximum atomic E-state index is 12.6. The molecule has 2 rings (SSSR count). The van der Waals surface area contributed by atoms with E-state index in [0.29, 0.717) is 12.8 Å². The molecule has 5 heteroatoms. The summed E-state index contributed by atoms with van der Waals surface area (Å²) in [7, 11) is 0. The van der Waals surface area contributed by atoms with E-state index in [4.69, 9.17) is 0 Å². The zero-order valence-electron chi connectivity index (χ0n) is 9.21. The molecule has 1 aliphatic carbocycles. The van der Waals surface area contributed by atoms with Gasteiger partial charge < -0.3 is 5.11 Å². The Morgan fingerprint density at radius 3 is 2.44 bits per heavy atom. The van der Waals surface area contributed by atoms with Crippen molar-refractivity contribution in [3.05, 3.63) is 0 Å². The van der Waals surface area contributed by atoms with E-state index in [0.717, 1.165) is 19.4 Å². The standard InChI is InChI=1S/C11H18F3NO/c12-11(13,14)8-2-1-5-15(7-8)9-3-4-10(16)6-9/h8-10,16H,1-7H2. The van der Waals surface area contributed by atoms with Crippen molar-refractivity contribution in [2.24, 2.45) is 5.92 Å². The van der Waals surface area contributed by atoms with Crippen molar-refractivity contribution in [1.82, 2.24) is 4.90 Å². The molecule has 0 aromatic rings. The van der Waals surface area contributed by atoms with Crippen LogP contribution in [0.5, 0.6) is 0 Å². The van der Waals surface area contributed by atoms with Crippen molar-refractivity contribution in [3.63, 3.8) is 0 Å². The lowest BCUT2D eigenvalue weighted by molar-refractivity contribution is -0.188. The first-order valence-electron chi connectivity index (χ1n) is 5.95. The molecule has 0 aromatic carbocycles. The lowest BCUT2D eigenvalue weighted by Crippen LogP contribution is -2.45. The van der Waals surface area contributed by atoms with Crippen LogP contribution in [-0.4, -0.2) is 41.4 Å². The Morgan fingerprint density at radius 1 is 1.12 bits per heavy atom. The number of aliphatic hydroxyl groups excluding tert-OH is 1. The highest BCUT2D eigenvalue weighted by molar-refractivity contribution is 4.87. The molecule has 1 saturated heterocycles. The smallest absolute Gasteiger partial charge is 0.393 e. The third kappa shape index (κ3) is 2.69. The lowest BCUT2D eigenvalue weighted by atomic mass is 9.96. The zero-order chi connectivity index (χ0) is 11.8. The van der Waals surface area contributed by atoms with Gasteiger partial charge in [-0.15, -0.1) is 0 Å². The maximum Gasteiger partial charge on any atom is 0.393 e. The second-order valence-electron chi connectivity index (χ2n) is 5.00. The van der Waals surface area contributed by atoms with Crippen molar-refractivity contribution in [3.8, 4) is 0 Å². The largest absolute Gasteiger partial charge is 0.393 e. The van der Waals surface area contributed by atoms with Crippen LogP contribution in [0.25, 0.3) is 0 Å². The number of nitrogens with zero attached hydrogens (tertiary/aromatic N) is 1. The first-order chi connectivity index (χ1) is 7.47. The average Bonchev–Trinajstić information content (AvgIpc) is 2.64. The van der Waals surface area contributed by atoms with E-state index >= 15 is 0 Å². The highest BCUT2D eigenvalue weighted by atomic mass is 19.4. The summed E-state index contributed by atoms with van der Waals surface area (Å²) in [6, 6.07) is 0.167. The second kappa shape index (κ2) is 4.53. The van der Waals surface area contributed by atoms with Gasteiger partial charge in [-0.25, -0.2) is 0 Å². The minimum Gasteiger partial charge on any atom is -0.393 e. The van der Waals surface area contributed by atoms with Gasteiger partial charge in [-0.2, -0.15) is 13.2 Å². The molecular weight excluding hydrogens is 219 g/mol. The highest BCUT2D eigenvalue weighted by Gasteiger charge is 2.43. The number of rotatable bonds is 1. The highest BCUT2D eigenvalue weighted by Crippen LogP contribution is 2.35. The summed E-state index contributed by atoms with van der Waals surface area (Å²) in [5, 5.41) is 9.41. The third-order valence-corrected chi connectivity index (χ3v) is 3.81. The average molecular weight is 237 g/mol. The Balaban J connectivity index is 1.92. The van der Waals surface area contributed by atoms with E-state index in [1.54, 1.807) is 0 Å². The van der Waals surface area contributed by atoms with Crippen molar-refractivity contribution >= 4 is 0 Å². The van der Waals surface area contributed by atoms with Gasteiger partial charge in [0.2, 0.25) is 0 Å². The number of alkyl halides is 3. The molecule has 3 atom stereocenters. The van der Waals surface area contributed by atoms with Crippen LogP contribution >= 0.6 is 0 Å². The number of likely N-dealkylation sites (tertiary alicyclic amines) is 1. The Hall–Kier alpha value is -0.290. The monoisotopic (exact) mass is 237 g/mol. The molecule has 3 unspecified atom stereocenters. The minimum absolute atomic E-state index is 0.126. The van der Waals surface area contributed by atoms with Gasteiger partial charge in [0.15, 0.2) is 0 Å². The van der Waals surface area contributed by atoms with E-state index in [-0.39, 0.29) is 25.1 Å². The van der Waals surface area contributed by atoms with Gasteiger partial charge in [0.05, 0.1) is 12.0 Å². The van der Waals surface area contributed by atoms with Gasteiger partial charge in [0.25, 0.3) is 0 Å². The zero-order valence-corrected chi connectivity index (χ0v) is 9.21. The molecule has 2 fully saturated rings. The van der Waals surface area contributed by atoms with Crippen LogP contribution in [0, 0.1) is 5.92 Å². The van der Waals surface area contributed by atoms with Gasteiger partial charge >= 0.3 is 6.18 Å². The van der Waals surface area contributed by atoms with E-state index in [9.17, 15) is 18.3 Å². The molecule has 2 aliphatic rings. The molecule has 0 radical (unpaired) electrons. The molecule has 0 aromatic heterocycles. The fourth-order valence-electron chi connectivity index (χ4n) is 2.87. The lowest BCUT2D eigenvalue weighted by Gasteiger charge is -2.37. The van der Waals surface area contributed by atoms with Crippen LogP contribution in [0.3, 0.4) is 0 Å². The molecule has 0 spiro atoms. The Labute approximate surface area is 93.4 Å². The van der Waals surface area contributed by atoms with Crippen LogP contribution in [0.1, 0.15) is 32.1 Å². The maximum absolute atomic E-state index is 12.6.